The van der Waals surface area contributed by atoms with E-state index in [1.54, 1.807) is 7.05 Å². The van der Waals surface area contributed by atoms with Gasteiger partial charge in [-0.05, 0) is 39.3 Å². The summed E-state index contributed by atoms with van der Waals surface area (Å²) in [7, 11) is 1.78. The lowest BCUT2D eigenvalue weighted by Crippen LogP contribution is -2.43. The first kappa shape index (κ1) is 25.4. The zero-order valence-electron chi connectivity index (χ0n) is 16.8. The van der Waals surface area contributed by atoms with Crippen molar-refractivity contribution in [3.8, 4) is 0 Å². The summed E-state index contributed by atoms with van der Waals surface area (Å²) >= 11 is 0. The smallest absolute Gasteiger partial charge is 0.237 e. The maximum atomic E-state index is 12.2. The van der Waals surface area contributed by atoms with Crippen LogP contribution >= 0.6 is 0 Å². The Kier molecular flexibility index (Phi) is 15.7. The number of carbonyl (C=O) groups is 3. The fraction of sp³-hybridized carbons (Fsp3) is 0.833. The van der Waals surface area contributed by atoms with Crippen LogP contribution < -0.4 is 32.7 Å². The molecule has 0 rings (SSSR count). The Bertz CT molecular complexity index is 433. The minimum Gasteiger partial charge on any atom is -0.369 e. The Labute approximate surface area is 162 Å². The van der Waals surface area contributed by atoms with Crippen LogP contribution in [0.4, 0.5) is 0 Å². The zero-order chi connectivity index (χ0) is 20.5. The average Bonchev–Trinajstić information content (AvgIpc) is 2.64. The van der Waals surface area contributed by atoms with Crippen LogP contribution in [0.15, 0.2) is 0 Å². The Morgan fingerprint density at radius 3 is 2.19 bits per heavy atom. The van der Waals surface area contributed by atoms with Gasteiger partial charge < -0.3 is 27.4 Å². The predicted molar refractivity (Wildman–Crippen MR) is 107 cm³/mol. The summed E-state index contributed by atoms with van der Waals surface area (Å²) in [5.41, 5.74) is 10.5. The van der Waals surface area contributed by atoms with E-state index >= 15 is 0 Å². The highest BCUT2D eigenvalue weighted by molar-refractivity contribution is 5.82. The molecule has 0 aromatic rings. The van der Waals surface area contributed by atoms with Crippen molar-refractivity contribution in [2.24, 2.45) is 17.4 Å². The van der Waals surface area contributed by atoms with E-state index in [9.17, 15) is 14.4 Å². The van der Waals surface area contributed by atoms with E-state index in [0.29, 0.717) is 19.8 Å². The highest BCUT2D eigenvalue weighted by Crippen LogP contribution is 2.06. The van der Waals surface area contributed by atoms with Crippen LogP contribution in [0.5, 0.6) is 0 Å². The van der Waals surface area contributed by atoms with Crippen LogP contribution in [-0.4, -0.2) is 63.5 Å². The number of likely N-dealkylation sites (N-methyl/N-ethyl adjacent to an activating group) is 1. The van der Waals surface area contributed by atoms with Crippen LogP contribution in [-0.2, 0) is 14.4 Å². The Balaban J connectivity index is 3.73. The molecule has 0 aromatic carbocycles. The van der Waals surface area contributed by atoms with E-state index in [2.05, 4.69) is 21.3 Å². The molecule has 0 saturated heterocycles. The third kappa shape index (κ3) is 14.2. The lowest BCUT2D eigenvalue weighted by atomic mass is 10.0. The van der Waals surface area contributed by atoms with E-state index in [0.717, 1.165) is 45.1 Å². The molecule has 0 fully saturated rings. The normalized spacial score (nSPS) is 13.1. The number of hydrogen-bond acceptors (Lipinski definition) is 7. The molecule has 0 saturated carbocycles. The molecule has 9 nitrogen and oxygen atoms in total. The van der Waals surface area contributed by atoms with Crippen LogP contribution in [0.25, 0.3) is 0 Å². The highest BCUT2D eigenvalue weighted by Gasteiger charge is 2.15. The zero-order valence-corrected chi connectivity index (χ0v) is 16.8. The van der Waals surface area contributed by atoms with Crippen LogP contribution in [0, 0.1) is 5.92 Å². The molecule has 2 amide bonds. The number of unbranched alkanes of at least 4 members (excludes halogenated alkanes) is 2. The third-order valence-electron chi connectivity index (χ3n) is 4.40. The number of primary amides is 1. The van der Waals surface area contributed by atoms with Crippen molar-refractivity contribution in [1.29, 1.82) is 0 Å². The Morgan fingerprint density at radius 1 is 0.926 bits per heavy atom. The molecular weight excluding hydrogens is 348 g/mol. The van der Waals surface area contributed by atoms with Gasteiger partial charge in [0.15, 0.2) is 5.78 Å². The molecule has 0 aromatic heterocycles. The van der Waals surface area contributed by atoms with Gasteiger partial charge in [0.1, 0.15) is 0 Å². The molecule has 0 aliphatic rings. The molecule has 27 heavy (non-hydrogen) atoms. The number of amides is 2. The molecule has 2 atom stereocenters. The van der Waals surface area contributed by atoms with Gasteiger partial charge in [-0.25, -0.2) is 0 Å². The van der Waals surface area contributed by atoms with Crippen LogP contribution in [0.3, 0.4) is 0 Å². The van der Waals surface area contributed by atoms with E-state index in [1.807, 2.05) is 6.92 Å². The van der Waals surface area contributed by atoms with Crippen molar-refractivity contribution in [1.82, 2.24) is 21.3 Å². The molecule has 9 heteroatoms. The van der Waals surface area contributed by atoms with Gasteiger partial charge in [-0.3, -0.25) is 19.7 Å². The highest BCUT2D eigenvalue weighted by atomic mass is 16.2. The summed E-state index contributed by atoms with van der Waals surface area (Å²) in [5.74, 6) is -0.318. The minimum atomic E-state index is -0.277. The predicted octanol–water partition coefficient (Wildman–Crippen LogP) is -1.18. The fourth-order valence-corrected chi connectivity index (χ4v) is 2.56. The number of rotatable bonds is 18. The number of Topliss-reactive ketones (excluding diaryl/α,β-unsaturated/α-hetero) is 1. The first-order chi connectivity index (χ1) is 12.9. The second kappa shape index (κ2) is 16.6. The second-order valence-electron chi connectivity index (χ2n) is 6.77. The molecule has 0 radical (unpaired) electrons. The van der Waals surface area contributed by atoms with Crippen molar-refractivity contribution < 1.29 is 14.4 Å². The molecule has 0 bridgehead atoms. The summed E-state index contributed by atoms with van der Waals surface area (Å²) in [4.78, 5) is 34.6. The minimum absolute atomic E-state index is 0.00329. The van der Waals surface area contributed by atoms with Gasteiger partial charge in [0.25, 0.3) is 0 Å². The molecule has 0 heterocycles. The number of nitrogens with two attached hydrogens (primary N) is 2. The van der Waals surface area contributed by atoms with E-state index in [-0.39, 0.29) is 36.1 Å². The largest absolute Gasteiger partial charge is 0.369 e. The first-order valence-electron chi connectivity index (χ1n) is 9.79. The quantitative estimate of drug-likeness (QED) is 0.128. The SMILES string of the molecule is CN[C@H](CCCCNCC(=O)CNCN)C(=O)NCCCC[C@H](C)C(N)=O. The van der Waals surface area contributed by atoms with Gasteiger partial charge in [-0.1, -0.05) is 19.8 Å². The van der Waals surface area contributed by atoms with Crippen molar-refractivity contribution in [3.05, 3.63) is 0 Å². The lowest BCUT2D eigenvalue weighted by Gasteiger charge is -2.16. The molecule has 0 spiro atoms. The lowest BCUT2D eigenvalue weighted by molar-refractivity contribution is -0.123. The standard InChI is InChI=1S/C18H38N6O3/c1-14(17(20)26)7-3-6-10-24-18(27)16(21-2)8-4-5-9-22-11-15(25)12-23-13-19/h14,16,21-23H,3-13,19H2,1-2H3,(H2,20,26)(H,24,27)/t14-,16+/m0/s1. The van der Waals surface area contributed by atoms with E-state index < -0.39 is 0 Å². The van der Waals surface area contributed by atoms with Crippen molar-refractivity contribution in [2.75, 3.05) is 39.9 Å². The fourth-order valence-electron chi connectivity index (χ4n) is 2.56. The maximum Gasteiger partial charge on any atom is 0.237 e. The van der Waals surface area contributed by atoms with E-state index in [1.165, 1.54) is 0 Å². The van der Waals surface area contributed by atoms with Gasteiger partial charge in [0.2, 0.25) is 11.8 Å². The van der Waals surface area contributed by atoms with Crippen molar-refractivity contribution in [3.63, 3.8) is 0 Å². The number of carbonyl (C=O) groups excluding carboxylic acids is 3. The van der Waals surface area contributed by atoms with Gasteiger partial charge >= 0.3 is 0 Å². The maximum absolute atomic E-state index is 12.2. The summed E-state index contributed by atoms with van der Waals surface area (Å²) in [6.07, 6.45) is 4.96. The van der Waals surface area contributed by atoms with Gasteiger partial charge in [0, 0.05) is 19.1 Å². The number of nitrogens with one attached hydrogen (secondary N) is 4. The summed E-state index contributed by atoms with van der Waals surface area (Å²) < 4.78 is 0. The van der Waals surface area contributed by atoms with Crippen molar-refractivity contribution in [2.45, 2.75) is 51.5 Å². The summed E-state index contributed by atoms with van der Waals surface area (Å²) in [6.45, 7) is 4.07. The Hall–Kier alpha value is -1.55. The molecule has 0 unspecified atom stereocenters. The third-order valence-corrected chi connectivity index (χ3v) is 4.40. The number of hydrogen-bond donors (Lipinski definition) is 6. The Morgan fingerprint density at radius 2 is 1.56 bits per heavy atom. The average molecular weight is 387 g/mol. The second-order valence-corrected chi connectivity index (χ2v) is 6.77. The summed E-state index contributed by atoms with van der Waals surface area (Å²) in [6, 6.07) is -0.218. The molecule has 8 N–H and O–H groups in total. The van der Waals surface area contributed by atoms with Gasteiger partial charge in [-0.15, -0.1) is 0 Å². The van der Waals surface area contributed by atoms with E-state index in [4.69, 9.17) is 11.5 Å². The summed E-state index contributed by atoms with van der Waals surface area (Å²) in [5, 5.41) is 11.8. The number of ketones is 1. The van der Waals surface area contributed by atoms with Gasteiger partial charge in [0.05, 0.1) is 19.1 Å². The molecule has 158 valence electrons. The molecule has 0 aliphatic carbocycles. The molecule has 0 aliphatic heterocycles. The molecular formula is C18H38N6O3. The monoisotopic (exact) mass is 386 g/mol. The van der Waals surface area contributed by atoms with Crippen molar-refractivity contribution >= 4 is 17.6 Å². The first-order valence-corrected chi connectivity index (χ1v) is 9.79. The van der Waals surface area contributed by atoms with Crippen LogP contribution in [0.2, 0.25) is 0 Å². The van der Waals surface area contributed by atoms with Gasteiger partial charge in [-0.2, -0.15) is 0 Å². The van der Waals surface area contributed by atoms with Crippen LogP contribution in [0.1, 0.15) is 45.4 Å². The topological polar surface area (TPSA) is 151 Å².